The third-order valence-corrected chi connectivity index (χ3v) is 4.21. The molecule has 0 aromatic heterocycles. The number of nitrogens with zero attached hydrogens (tertiary/aromatic N) is 1. The molecule has 4 N–H and O–H groups in total. The molecule has 1 aromatic carbocycles. The first-order valence-corrected chi connectivity index (χ1v) is 8.11. The van der Waals surface area contributed by atoms with Gasteiger partial charge in [0.15, 0.2) is 0 Å². The second-order valence-electron chi connectivity index (χ2n) is 6.09. The van der Waals surface area contributed by atoms with Gasteiger partial charge in [-0.1, -0.05) is 12.1 Å². The van der Waals surface area contributed by atoms with Crippen molar-refractivity contribution >= 4 is 17.8 Å². The molecule has 2 rings (SSSR count). The fourth-order valence-corrected chi connectivity index (χ4v) is 2.77. The zero-order chi connectivity index (χ0) is 17.5. The van der Waals surface area contributed by atoms with Crippen LogP contribution >= 0.6 is 0 Å². The van der Waals surface area contributed by atoms with Gasteiger partial charge in [-0.3, -0.25) is 9.59 Å². The standard InChI is InChI=1S/C17H24N4O3/c1-12(22)19-10-14-6-8-21(9-7-14)16(23)15-4-2-13(3-5-15)11-20-17(18)24/h2-5,14H,6-11H2,1H3,(H,19,22)(H3,18,20,24). The van der Waals surface area contributed by atoms with Crippen molar-refractivity contribution < 1.29 is 14.4 Å². The molecule has 1 saturated heterocycles. The van der Waals surface area contributed by atoms with Gasteiger partial charge >= 0.3 is 6.03 Å². The lowest BCUT2D eigenvalue weighted by atomic mass is 9.96. The van der Waals surface area contributed by atoms with Crippen LogP contribution in [0.2, 0.25) is 0 Å². The minimum Gasteiger partial charge on any atom is -0.356 e. The summed E-state index contributed by atoms with van der Waals surface area (Å²) in [6.45, 7) is 3.95. The lowest BCUT2D eigenvalue weighted by Crippen LogP contribution is -2.41. The highest BCUT2D eigenvalue weighted by atomic mass is 16.2. The third kappa shape index (κ3) is 5.26. The van der Waals surface area contributed by atoms with Gasteiger partial charge in [0.25, 0.3) is 5.91 Å². The van der Waals surface area contributed by atoms with Gasteiger partial charge in [0.1, 0.15) is 0 Å². The molecule has 0 spiro atoms. The lowest BCUT2D eigenvalue weighted by molar-refractivity contribution is -0.119. The van der Waals surface area contributed by atoms with Crippen LogP contribution in [-0.2, 0) is 11.3 Å². The van der Waals surface area contributed by atoms with E-state index in [1.807, 2.05) is 17.0 Å². The van der Waals surface area contributed by atoms with E-state index >= 15 is 0 Å². The van der Waals surface area contributed by atoms with Crippen molar-refractivity contribution in [1.82, 2.24) is 15.5 Å². The van der Waals surface area contributed by atoms with Crippen LogP contribution < -0.4 is 16.4 Å². The second-order valence-corrected chi connectivity index (χ2v) is 6.09. The Balaban J connectivity index is 1.84. The second kappa shape index (κ2) is 8.33. The largest absolute Gasteiger partial charge is 0.356 e. The molecule has 0 radical (unpaired) electrons. The molecule has 0 unspecified atom stereocenters. The molecule has 1 aliphatic heterocycles. The number of hydrogen-bond acceptors (Lipinski definition) is 3. The SMILES string of the molecule is CC(=O)NCC1CCN(C(=O)c2ccc(CNC(N)=O)cc2)CC1. The fourth-order valence-electron chi connectivity index (χ4n) is 2.77. The summed E-state index contributed by atoms with van der Waals surface area (Å²) >= 11 is 0. The van der Waals surface area contributed by atoms with Gasteiger partial charge in [0, 0.05) is 38.7 Å². The summed E-state index contributed by atoms with van der Waals surface area (Å²) in [4.78, 5) is 36.0. The summed E-state index contributed by atoms with van der Waals surface area (Å²) in [5, 5.41) is 5.35. The molecule has 24 heavy (non-hydrogen) atoms. The van der Waals surface area contributed by atoms with E-state index in [9.17, 15) is 14.4 Å². The van der Waals surface area contributed by atoms with E-state index in [1.165, 1.54) is 6.92 Å². The highest BCUT2D eigenvalue weighted by Crippen LogP contribution is 2.18. The van der Waals surface area contributed by atoms with Crippen LogP contribution in [0, 0.1) is 5.92 Å². The number of hydrogen-bond donors (Lipinski definition) is 3. The number of nitrogens with one attached hydrogen (secondary N) is 2. The van der Waals surface area contributed by atoms with Crippen LogP contribution in [0.25, 0.3) is 0 Å². The monoisotopic (exact) mass is 332 g/mol. The van der Waals surface area contributed by atoms with Crippen LogP contribution in [-0.4, -0.2) is 42.4 Å². The smallest absolute Gasteiger partial charge is 0.312 e. The van der Waals surface area contributed by atoms with Crippen molar-refractivity contribution in [2.45, 2.75) is 26.3 Å². The number of rotatable bonds is 5. The van der Waals surface area contributed by atoms with Gasteiger partial charge in [-0.2, -0.15) is 0 Å². The average Bonchev–Trinajstić information content (AvgIpc) is 2.58. The Morgan fingerprint density at radius 3 is 2.29 bits per heavy atom. The highest BCUT2D eigenvalue weighted by Gasteiger charge is 2.23. The van der Waals surface area contributed by atoms with E-state index in [-0.39, 0.29) is 11.8 Å². The van der Waals surface area contributed by atoms with Crippen LogP contribution in [0.1, 0.15) is 35.7 Å². The zero-order valence-corrected chi connectivity index (χ0v) is 13.9. The van der Waals surface area contributed by atoms with Crippen LogP contribution in [0.4, 0.5) is 4.79 Å². The molecule has 1 fully saturated rings. The van der Waals surface area contributed by atoms with Crippen LogP contribution in [0.15, 0.2) is 24.3 Å². The summed E-state index contributed by atoms with van der Waals surface area (Å²) in [6, 6.07) is 6.59. The molecule has 7 heteroatoms. The molecule has 7 nitrogen and oxygen atoms in total. The summed E-state index contributed by atoms with van der Waals surface area (Å²) in [6.07, 6.45) is 1.79. The molecule has 4 amide bonds. The summed E-state index contributed by atoms with van der Waals surface area (Å²) in [7, 11) is 0. The normalized spacial score (nSPS) is 15.0. The number of nitrogens with two attached hydrogens (primary N) is 1. The average molecular weight is 332 g/mol. The number of urea groups is 1. The number of carbonyl (C=O) groups is 3. The van der Waals surface area contributed by atoms with Crippen LogP contribution in [0.3, 0.4) is 0 Å². The summed E-state index contributed by atoms with van der Waals surface area (Å²) < 4.78 is 0. The Labute approximate surface area is 141 Å². The van der Waals surface area contributed by atoms with E-state index in [4.69, 9.17) is 5.73 Å². The summed E-state index contributed by atoms with van der Waals surface area (Å²) in [5.41, 5.74) is 6.56. The fraction of sp³-hybridized carbons (Fsp3) is 0.471. The quantitative estimate of drug-likeness (QED) is 0.744. The number of primary amides is 1. The number of likely N-dealkylation sites (tertiary alicyclic amines) is 1. The van der Waals surface area contributed by atoms with Gasteiger partial charge in [-0.05, 0) is 36.5 Å². The molecule has 0 atom stereocenters. The molecule has 0 saturated carbocycles. The van der Waals surface area contributed by atoms with E-state index in [1.54, 1.807) is 12.1 Å². The van der Waals surface area contributed by atoms with Crippen molar-refractivity contribution in [2.24, 2.45) is 11.7 Å². The molecule has 1 aromatic rings. The molecule has 1 heterocycles. The van der Waals surface area contributed by atoms with Gasteiger partial charge in [0.2, 0.25) is 5.91 Å². The molecule has 0 aliphatic carbocycles. The molecule has 0 bridgehead atoms. The van der Waals surface area contributed by atoms with E-state index in [2.05, 4.69) is 10.6 Å². The van der Waals surface area contributed by atoms with Crippen molar-refractivity contribution in [3.63, 3.8) is 0 Å². The predicted molar refractivity (Wildman–Crippen MR) is 90.2 cm³/mol. The van der Waals surface area contributed by atoms with Gasteiger partial charge in [-0.15, -0.1) is 0 Å². The van der Waals surface area contributed by atoms with E-state index in [0.29, 0.717) is 37.7 Å². The Morgan fingerprint density at radius 1 is 1.12 bits per heavy atom. The van der Waals surface area contributed by atoms with E-state index in [0.717, 1.165) is 18.4 Å². The predicted octanol–water partition coefficient (Wildman–Crippen LogP) is 0.843. The van der Waals surface area contributed by atoms with Crippen molar-refractivity contribution in [3.05, 3.63) is 35.4 Å². The highest BCUT2D eigenvalue weighted by molar-refractivity contribution is 5.94. The maximum absolute atomic E-state index is 12.5. The number of benzene rings is 1. The summed E-state index contributed by atoms with van der Waals surface area (Å²) in [5.74, 6) is 0.432. The minimum atomic E-state index is -0.572. The Hall–Kier alpha value is -2.57. The zero-order valence-electron chi connectivity index (χ0n) is 13.9. The van der Waals surface area contributed by atoms with Crippen molar-refractivity contribution in [2.75, 3.05) is 19.6 Å². The van der Waals surface area contributed by atoms with Gasteiger partial charge < -0.3 is 21.3 Å². The Kier molecular flexibility index (Phi) is 6.17. The van der Waals surface area contributed by atoms with Gasteiger partial charge in [0.05, 0.1) is 0 Å². The molecular weight excluding hydrogens is 308 g/mol. The third-order valence-electron chi connectivity index (χ3n) is 4.21. The first-order valence-electron chi connectivity index (χ1n) is 8.11. The first kappa shape index (κ1) is 17.8. The number of carbonyl (C=O) groups excluding carboxylic acids is 3. The number of piperidine rings is 1. The Bertz CT molecular complexity index is 592. The van der Waals surface area contributed by atoms with Crippen molar-refractivity contribution in [3.8, 4) is 0 Å². The molecule has 130 valence electrons. The molecular formula is C17H24N4O3. The van der Waals surface area contributed by atoms with E-state index < -0.39 is 6.03 Å². The topological polar surface area (TPSA) is 105 Å². The lowest BCUT2D eigenvalue weighted by Gasteiger charge is -2.32. The number of amides is 4. The maximum Gasteiger partial charge on any atom is 0.312 e. The Morgan fingerprint density at radius 2 is 1.75 bits per heavy atom. The van der Waals surface area contributed by atoms with Crippen LogP contribution in [0.5, 0.6) is 0 Å². The minimum absolute atomic E-state index is 0.0144. The molecule has 1 aliphatic rings. The first-order chi connectivity index (χ1) is 11.5. The van der Waals surface area contributed by atoms with Gasteiger partial charge in [-0.25, -0.2) is 4.79 Å². The van der Waals surface area contributed by atoms with Crippen molar-refractivity contribution in [1.29, 1.82) is 0 Å². The maximum atomic E-state index is 12.5.